The van der Waals surface area contributed by atoms with Crippen molar-refractivity contribution in [3.05, 3.63) is 102 Å². The van der Waals surface area contributed by atoms with Gasteiger partial charge in [-0.1, -0.05) is 43.3 Å². The van der Waals surface area contributed by atoms with E-state index < -0.39 is 0 Å². The molecule has 0 unspecified atom stereocenters. The zero-order chi connectivity index (χ0) is 24.2. The van der Waals surface area contributed by atoms with Gasteiger partial charge in [0.15, 0.2) is 0 Å². The molecule has 0 aliphatic carbocycles. The van der Waals surface area contributed by atoms with Crippen molar-refractivity contribution in [2.24, 2.45) is 5.10 Å². The Morgan fingerprint density at radius 1 is 0.886 bits per heavy atom. The normalized spacial score (nSPS) is 14.5. The Morgan fingerprint density at radius 3 is 2.20 bits per heavy atom. The van der Waals surface area contributed by atoms with E-state index in [1.165, 1.54) is 5.01 Å². The van der Waals surface area contributed by atoms with E-state index in [0.29, 0.717) is 17.9 Å². The number of anilines is 1. The van der Waals surface area contributed by atoms with Crippen LogP contribution in [0.25, 0.3) is 23.0 Å². The van der Waals surface area contributed by atoms with Crippen LogP contribution < -0.4 is 9.75 Å². The van der Waals surface area contributed by atoms with Gasteiger partial charge in [0.2, 0.25) is 0 Å². The monoisotopic (exact) mass is 462 g/mol. The number of hydrogen-bond donors (Lipinski definition) is 0. The van der Waals surface area contributed by atoms with E-state index in [1.54, 1.807) is 0 Å². The highest BCUT2D eigenvalue weighted by Crippen LogP contribution is 2.30. The van der Waals surface area contributed by atoms with Gasteiger partial charge in [-0.3, -0.25) is 4.79 Å². The van der Waals surface area contributed by atoms with Gasteiger partial charge in [-0.05, 0) is 68.0 Å². The quantitative estimate of drug-likeness (QED) is 0.310. The van der Waals surface area contributed by atoms with Crippen molar-refractivity contribution in [1.29, 1.82) is 0 Å². The van der Waals surface area contributed by atoms with E-state index in [0.717, 1.165) is 40.4 Å². The molecule has 0 spiro atoms. The molecule has 1 aliphatic rings. The molecule has 0 N–H and O–H groups in total. The van der Waals surface area contributed by atoms with Crippen LogP contribution in [0.5, 0.6) is 5.75 Å². The first-order valence-corrected chi connectivity index (χ1v) is 11.7. The van der Waals surface area contributed by atoms with Crippen LogP contribution in [0, 0.1) is 0 Å². The van der Waals surface area contributed by atoms with Crippen LogP contribution >= 0.6 is 0 Å². The Bertz CT molecular complexity index is 1390. The lowest BCUT2D eigenvalue weighted by Crippen LogP contribution is -2.21. The summed E-state index contributed by atoms with van der Waals surface area (Å²) in [5.41, 5.74) is 5.45. The van der Waals surface area contributed by atoms with Gasteiger partial charge in [0.05, 0.1) is 35.0 Å². The summed E-state index contributed by atoms with van der Waals surface area (Å²) in [4.78, 5) is 13.3. The van der Waals surface area contributed by atoms with Crippen molar-refractivity contribution in [2.45, 2.75) is 20.3 Å². The van der Waals surface area contributed by atoms with Crippen LogP contribution in [0.2, 0.25) is 0 Å². The van der Waals surface area contributed by atoms with Gasteiger partial charge in [-0.25, -0.2) is 4.68 Å². The number of ether oxygens (including phenoxy) is 1. The zero-order valence-electron chi connectivity index (χ0n) is 19.8. The molecule has 0 atom stereocenters. The van der Waals surface area contributed by atoms with Crippen LogP contribution in [0.1, 0.15) is 25.8 Å². The second-order valence-electron chi connectivity index (χ2n) is 8.28. The number of para-hydroxylation sites is 2. The molecule has 1 amide bonds. The largest absolute Gasteiger partial charge is 0.494 e. The second-order valence-corrected chi connectivity index (χ2v) is 8.28. The first kappa shape index (κ1) is 22.3. The lowest BCUT2D eigenvalue weighted by Gasteiger charge is -2.11. The molecular formula is C29H26N4O2. The van der Waals surface area contributed by atoms with E-state index in [1.807, 2.05) is 109 Å². The fourth-order valence-electron chi connectivity index (χ4n) is 3.94. The van der Waals surface area contributed by atoms with Crippen molar-refractivity contribution in [2.75, 3.05) is 11.6 Å². The summed E-state index contributed by atoms with van der Waals surface area (Å²) < 4.78 is 7.57. The summed E-state index contributed by atoms with van der Waals surface area (Å²) in [5, 5.41) is 10.8. The highest BCUT2D eigenvalue weighted by atomic mass is 16.5. The van der Waals surface area contributed by atoms with Crippen LogP contribution in [0.15, 0.2) is 102 Å². The highest BCUT2D eigenvalue weighted by molar-refractivity contribution is 6.32. The number of hydrogen-bond acceptors (Lipinski definition) is 4. The van der Waals surface area contributed by atoms with E-state index in [-0.39, 0.29) is 5.91 Å². The predicted octanol–water partition coefficient (Wildman–Crippen LogP) is 6.13. The maximum Gasteiger partial charge on any atom is 0.280 e. The molecule has 1 aromatic heterocycles. The molecular weight excluding hydrogens is 436 g/mol. The van der Waals surface area contributed by atoms with Crippen LogP contribution in [-0.4, -0.2) is 28.0 Å². The molecule has 1 aliphatic heterocycles. The molecule has 0 fully saturated rings. The third-order valence-electron chi connectivity index (χ3n) is 5.73. The van der Waals surface area contributed by atoms with E-state index in [2.05, 4.69) is 12.0 Å². The lowest BCUT2D eigenvalue weighted by atomic mass is 10.0. The summed E-state index contributed by atoms with van der Waals surface area (Å²) in [5.74, 6) is 0.667. The first-order valence-electron chi connectivity index (χ1n) is 11.7. The van der Waals surface area contributed by atoms with Crippen molar-refractivity contribution in [3.63, 3.8) is 0 Å². The molecule has 2 heterocycles. The smallest absolute Gasteiger partial charge is 0.280 e. The summed E-state index contributed by atoms with van der Waals surface area (Å²) in [6.45, 7) is 4.62. The molecule has 35 heavy (non-hydrogen) atoms. The zero-order valence-corrected chi connectivity index (χ0v) is 19.8. The lowest BCUT2D eigenvalue weighted by molar-refractivity contribution is -0.114. The van der Waals surface area contributed by atoms with Gasteiger partial charge in [0, 0.05) is 17.3 Å². The van der Waals surface area contributed by atoms with Gasteiger partial charge >= 0.3 is 0 Å². The number of rotatable bonds is 7. The summed E-state index contributed by atoms with van der Waals surface area (Å²) >= 11 is 0. The number of aromatic nitrogens is 2. The van der Waals surface area contributed by atoms with Crippen molar-refractivity contribution in [1.82, 2.24) is 9.78 Å². The predicted molar refractivity (Wildman–Crippen MR) is 140 cm³/mol. The summed E-state index contributed by atoms with van der Waals surface area (Å²) in [6, 6.07) is 27.3. The minimum Gasteiger partial charge on any atom is -0.494 e. The molecule has 0 bridgehead atoms. The standard InChI is InChI=1S/C29H26N4O2/c1-3-18-35-26-16-14-22(15-17-26)28-23(20-32(31-28)24-10-6-4-7-11-24)19-27-21(2)30-33(29(27)34)25-12-8-5-9-13-25/h4-17,19-20H,3,18H2,1-2H3. The Morgan fingerprint density at radius 2 is 1.54 bits per heavy atom. The van der Waals surface area contributed by atoms with Crippen molar-refractivity contribution in [3.8, 4) is 22.7 Å². The molecule has 5 rings (SSSR count). The molecule has 4 aromatic rings. The Labute approximate surface area is 204 Å². The van der Waals surface area contributed by atoms with Gasteiger partial charge in [0.25, 0.3) is 5.91 Å². The topological polar surface area (TPSA) is 59.7 Å². The van der Waals surface area contributed by atoms with E-state index in [4.69, 9.17) is 9.84 Å². The number of amides is 1. The molecule has 6 heteroatoms. The van der Waals surface area contributed by atoms with Gasteiger partial charge in [-0.15, -0.1) is 0 Å². The molecule has 0 saturated carbocycles. The summed E-state index contributed by atoms with van der Waals surface area (Å²) in [6.07, 6.45) is 4.79. The molecule has 6 nitrogen and oxygen atoms in total. The number of benzene rings is 3. The molecule has 174 valence electrons. The van der Waals surface area contributed by atoms with Crippen LogP contribution in [-0.2, 0) is 4.79 Å². The number of carbonyl (C=O) groups is 1. The Balaban J connectivity index is 1.55. The third kappa shape index (κ3) is 4.64. The fourth-order valence-corrected chi connectivity index (χ4v) is 3.94. The van der Waals surface area contributed by atoms with Crippen molar-refractivity contribution < 1.29 is 9.53 Å². The third-order valence-corrected chi connectivity index (χ3v) is 5.73. The van der Waals surface area contributed by atoms with Gasteiger partial charge < -0.3 is 4.74 Å². The van der Waals surface area contributed by atoms with Crippen molar-refractivity contribution >= 4 is 23.4 Å². The van der Waals surface area contributed by atoms with Crippen LogP contribution in [0.3, 0.4) is 0 Å². The van der Waals surface area contributed by atoms with Crippen LogP contribution in [0.4, 0.5) is 5.69 Å². The second kappa shape index (κ2) is 9.81. The molecule has 3 aromatic carbocycles. The average Bonchev–Trinajstić information content (AvgIpc) is 3.45. The maximum atomic E-state index is 13.3. The Hall–Kier alpha value is -4.45. The maximum absolute atomic E-state index is 13.3. The summed E-state index contributed by atoms with van der Waals surface area (Å²) in [7, 11) is 0. The Kier molecular flexibility index (Phi) is 6.26. The number of nitrogens with zero attached hydrogens (tertiary/aromatic N) is 4. The SMILES string of the molecule is CCCOc1ccc(-c2nn(-c3ccccc3)cc2C=C2C(=O)N(c3ccccc3)N=C2C)cc1. The minimum absolute atomic E-state index is 0.157. The number of hydrazone groups is 1. The number of carbonyl (C=O) groups excluding carboxylic acids is 1. The highest BCUT2D eigenvalue weighted by Gasteiger charge is 2.29. The molecule has 0 saturated heterocycles. The minimum atomic E-state index is -0.157. The van der Waals surface area contributed by atoms with E-state index >= 15 is 0 Å². The fraction of sp³-hybridized carbons (Fsp3) is 0.138. The van der Waals surface area contributed by atoms with Gasteiger partial charge in [0.1, 0.15) is 5.75 Å². The van der Waals surface area contributed by atoms with Gasteiger partial charge in [-0.2, -0.15) is 15.2 Å². The van der Waals surface area contributed by atoms with E-state index in [9.17, 15) is 4.79 Å². The molecule has 0 radical (unpaired) electrons. The average molecular weight is 463 g/mol. The first-order chi connectivity index (χ1) is 17.1.